The highest BCUT2D eigenvalue weighted by Gasteiger charge is 2.21. The van der Waals surface area contributed by atoms with Gasteiger partial charge in [0.15, 0.2) is 0 Å². The highest BCUT2D eigenvalue weighted by atomic mass is 33.1. The lowest BCUT2D eigenvalue weighted by Gasteiger charge is -2.34. The molecule has 0 spiro atoms. The first-order chi connectivity index (χ1) is 39.3. The van der Waals surface area contributed by atoms with Crippen LogP contribution in [0.4, 0.5) is 0 Å². The van der Waals surface area contributed by atoms with Gasteiger partial charge in [0.2, 0.25) is 0 Å². The molecule has 0 amide bonds. The van der Waals surface area contributed by atoms with Gasteiger partial charge in [-0.15, -0.1) is 0 Å². The smallest absolute Gasteiger partial charge is 0.306 e. The van der Waals surface area contributed by atoms with E-state index in [1.807, 2.05) is 54.2 Å². The first kappa shape index (κ1) is 77.7. The van der Waals surface area contributed by atoms with Gasteiger partial charge < -0.3 is 44.1 Å². The number of hydrogen-bond acceptors (Lipinski definition) is 20. The lowest BCUT2D eigenvalue weighted by Crippen LogP contribution is -2.47. The van der Waals surface area contributed by atoms with E-state index in [4.69, 9.17) is 23.7 Å². The second-order valence-electron chi connectivity index (χ2n) is 23.3. The number of aliphatic hydroxyl groups excluding tert-OH is 4. The Morgan fingerprint density at radius 2 is 0.756 bits per heavy atom. The van der Waals surface area contributed by atoms with Crippen LogP contribution in [0.2, 0.25) is 0 Å². The second kappa shape index (κ2) is 50.8. The van der Waals surface area contributed by atoms with Gasteiger partial charge in [-0.05, 0) is 123 Å². The Bertz CT molecular complexity index is 1520. The normalized spacial score (nSPS) is 15.0. The predicted molar refractivity (Wildman–Crippen MR) is 331 cm³/mol. The van der Waals surface area contributed by atoms with Crippen LogP contribution < -0.4 is 0 Å². The molecule has 4 atom stereocenters. The number of ether oxygens (including phenoxy) is 5. The number of carbonyl (C=O) groups excluding carboxylic acids is 5. The van der Waals surface area contributed by atoms with E-state index in [0.29, 0.717) is 180 Å². The summed E-state index contributed by atoms with van der Waals surface area (Å²) in [4.78, 5) is 70.1. The molecule has 482 valence electrons. The summed E-state index contributed by atoms with van der Waals surface area (Å²) in [5.41, 5.74) is 0. The van der Waals surface area contributed by atoms with Gasteiger partial charge in [0, 0.05) is 109 Å². The number of aliphatic hydroxyl groups is 4. The van der Waals surface area contributed by atoms with Crippen molar-refractivity contribution in [3.05, 3.63) is 0 Å². The van der Waals surface area contributed by atoms with E-state index in [2.05, 4.69) is 42.4 Å². The summed E-state index contributed by atoms with van der Waals surface area (Å²) in [7, 11) is 3.74. The van der Waals surface area contributed by atoms with E-state index in [1.54, 1.807) is 0 Å². The minimum Gasteiger partial charge on any atom is -0.465 e. The van der Waals surface area contributed by atoms with Crippen LogP contribution in [-0.2, 0) is 47.7 Å². The first-order valence-electron chi connectivity index (χ1n) is 32.1. The summed E-state index contributed by atoms with van der Waals surface area (Å²) >= 11 is 0. The van der Waals surface area contributed by atoms with Crippen LogP contribution in [0.15, 0.2) is 0 Å². The topological polar surface area (TPSA) is 225 Å². The van der Waals surface area contributed by atoms with Gasteiger partial charge in [-0.25, -0.2) is 0 Å². The monoisotopic (exact) mass is 1210 g/mol. The van der Waals surface area contributed by atoms with Crippen molar-refractivity contribution in [2.45, 2.75) is 246 Å². The highest BCUT2D eigenvalue weighted by Crippen LogP contribution is 2.23. The molecule has 0 aliphatic carbocycles. The zero-order valence-electron chi connectivity index (χ0n) is 52.6. The van der Waals surface area contributed by atoms with Crippen molar-refractivity contribution in [1.29, 1.82) is 0 Å². The van der Waals surface area contributed by atoms with Gasteiger partial charge in [-0.2, -0.15) is 0 Å². The molecule has 0 aromatic carbocycles. The maximum atomic E-state index is 12.7. The van der Waals surface area contributed by atoms with Crippen molar-refractivity contribution in [1.82, 2.24) is 19.6 Å². The zero-order valence-corrected chi connectivity index (χ0v) is 54.2. The minimum absolute atomic E-state index is 0.155. The first-order valence-corrected chi connectivity index (χ1v) is 34.6. The second-order valence-corrected chi connectivity index (χ2v) is 26.0. The van der Waals surface area contributed by atoms with E-state index < -0.39 is 24.4 Å². The van der Waals surface area contributed by atoms with E-state index in [0.717, 1.165) is 95.7 Å². The molecular formula is C62H118N4O14S2. The third-order valence-electron chi connectivity index (χ3n) is 15.1. The molecule has 1 heterocycles. The van der Waals surface area contributed by atoms with Crippen molar-refractivity contribution in [3.63, 3.8) is 0 Å². The Labute approximate surface area is 504 Å². The van der Waals surface area contributed by atoms with Crippen LogP contribution in [0.25, 0.3) is 0 Å². The largest absolute Gasteiger partial charge is 0.465 e. The average molecular weight is 1210 g/mol. The van der Waals surface area contributed by atoms with Gasteiger partial charge in [0.05, 0.1) is 49.8 Å². The number of carbonyl (C=O) groups is 5. The highest BCUT2D eigenvalue weighted by molar-refractivity contribution is 8.76. The predicted octanol–water partition coefficient (Wildman–Crippen LogP) is 9.24. The van der Waals surface area contributed by atoms with E-state index in [1.165, 1.54) is 0 Å². The van der Waals surface area contributed by atoms with Gasteiger partial charge in [-0.1, -0.05) is 101 Å². The fourth-order valence-electron chi connectivity index (χ4n) is 9.76. The lowest BCUT2D eigenvalue weighted by molar-refractivity contribution is -0.148. The number of nitrogens with zero attached hydrogens (tertiary/aromatic N) is 4. The molecule has 0 saturated carbocycles. The minimum atomic E-state index is -0.625. The summed E-state index contributed by atoms with van der Waals surface area (Å²) in [5, 5.41) is 43.8. The molecule has 4 unspecified atom stereocenters. The number of rotatable bonds is 54. The molecule has 82 heavy (non-hydrogen) atoms. The summed E-state index contributed by atoms with van der Waals surface area (Å²) in [5.74, 6) is 1.72. The molecule has 1 aliphatic heterocycles. The van der Waals surface area contributed by atoms with Crippen LogP contribution in [0.1, 0.15) is 209 Å². The summed E-state index contributed by atoms with van der Waals surface area (Å²) in [6.07, 6.45) is 12.8. The van der Waals surface area contributed by atoms with Crippen molar-refractivity contribution in [2.24, 2.45) is 11.8 Å². The quantitative estimate of drug-likeness (QED) is 0.0193. The fraction of sp³-hybridized carbons (Fsp3) is 0.919. The number of esters is 5. The van der Waals surface area contributed by atoms with Crippen LogP contribution >= 0.6 is 21.6 Å². The van der Waals surface area contributed by atoms with Gasteiger partial charge in [0.25, 0.3) is 0 Å². The van der Waals surface area contributed by atoms with Gasteiger partial charge in [0.1, 0.15) is 6.61 Å². The number of unbranched alkanes of at least 4 members (excludes halogenated alkanes) is 5. The fourth-order valence-corrected chi connectivity index (χ4v) is 11.9. The third-order valence-corrected chi connectivity index (χ3v) is 17.5. The zero-order chi connectivity index (χ0) is 60.8. The maximum absolute atomic E-state index is 12.7. The van der Waals surface area contributed by atoms with E-state index in [-0.39, 0.29) is 42.1 Å². The average Bonchev–Trinajstić information content (AvgIpc) is 3.43. The standard InChI is InChI=1S/C62H118N4O14S2/c1-9-52(10-2)48-77-59(72)28-17-13-24-56(69)46-66(47-57(70)25-14-18-29-60(73)78-49-53(11-3)12-4)34-23-42-81-82-43-40-64-37-35-63(36-38-64)39-41-76-58(71)30-21-22-33-65(44-54(67)26-15-19-31-61(74)79-50(5)6)45-55(68)27-16-20-32-62(75)80-51(7)8/h50-57,67-70H,9-49H2,1-8H3. The van der Waals surface area contributed by atoms with Gasteiger partial charge >= 0.3 is 29.8 Å². The Hall–Kier alpha value is -2.27. The molecule has 1 aliphatic rings. The summed E-state index contributed by atoms with van der Waals surface area (Å²) in [6, 6.07) is 0. The molecule has 18 nitrogen and oxygen atoms in total. The molecular weight excluding hydrogens is 1090 g/mol. The van der Waals surface area contributed by atoms with E-state index in [9.17, 15) is 44.4 Å². The van der Waals surface area contributed by atoms with E-state index >= 15 is 0 Å². The van der Waals surface area contributed by atoms with Gasteiger partial charge in [-0.3, -0.25) is 43.6 Å². The van der Waals surface area contributed by atoms with Crippen molar-refractivity contribution in [2.75, 3.05) is 110 Å². The maximum Gasteiger partial charge on any atom is 0.306 e. The Kier molecular flexibility index (Phi) is 48.2. The molecule has 0 radical (unpaired) electrons. The number of piperazine rings is 1. The molecule has 0 bridgehead atoms. The Balaban J connectivity index is 2.45. The molecule has 4 N–H and O–H groups in total. The van der Waals surface area contributed by atoms with Crippen LogP contribution in [0, 0.1) is 11.8 Å². The lowest BCUT2D eigenvalue weighted by atomic mass is 10.1. The third kappa shape index (κ3) is 45.1. The molecule has 1 rings (SSSR count). The number of hydrogen-bond donors (Lipinski definition) is 4. The Morgan fingerprint density at radius 3 is 1.13 bits per heavy atom. The summed E-state index contributed by atoms with van der Waals surface area (Å²) in [6.45, 7) is 25.5. The molecule has 1 fully saturated rings. The molecule has 1 saturated heterocycles. The van der Waals surface area contributed by atoms with Crippen molar-refractivity contribution >= 4 is 51.4 Å². The summed E-state index contributed by atoms with van der Waals surface area (Å²) < 4.78 is 27.0. The molecule has 20 heteroatoms. The van der Waals surface area contributed by atoms with Crippen LogP contribution in [0.3, 0.4) is 0 Å². The van der Waals surface area contributed by atoms with Crippen molar-refractivity contribution < 1.29 is 68.1 Å². The van der Waals surface area contributed by atoms with Crippen molar-refractivity contribution in [3.8, 4) is 0 Å². The Morgan fingerprint density at radius 1 is 0.427 bits per heavy atom. The molecule has 0 aromatic rings. The van der Waals surface area contributed by atoms with Crippen LogP contribution in [-0.4, -0.2) is 216 Å². The molecule has 0 aromatic heterocycles. The SMILES string of the molecule is CCC(CC)COC(=O)CCCCC(O)CN(CCCSSCCN1CCN(CCOC(=O)CCCCN(CC(O)CCCCC(=O)OC(C)C)CC(O)CCCCC(=O)OC(C)C)CC1)CC(O)CCCCC(=O)OCC(CC)CC. The van der Waals surface area contributed by atoms with Crippen LogP contribution in [0.5, 0.6) is 0 Å².